The number of nitrogens with one attached hydrogen (secondary N) is 1. The maximum absolute atomic E-state index is 5.99. The van der Waals surface area contributed by atoms with Crippen LogP contribution in [0, 0.1) is 5.92 Å². The van der Waals surface area contributed by atoms with Gasteiger partial charge in [0.05, 0.1) is 11.4 Å². The summed E-state index contributed by atoms with van der Waals surface area (Å²) >= 11 is 3.49. The molecule has 0 aromatic heterocycles. The van der Waals surface area contributed by atoms with E-state index >= 15 is 0 Å². The van der Waals surface area contributed by atoms with Crippen LogP contribution in [0.3, 0.4) is 0 Å². The standard InChI is InChI=1S/C14H21BrN2/c1-10-3-2-4-12(7-5-10)17-14-9-11(15)6-8-13(14)16/h6,8-10,12,17H,2-5,7,16H2,1H3. The summed E-state index contributed by atoms with van der Waals surface area (Å²) < 4.78 is 1.08. The second-order valence-corrected chi connectivity index (χ2v) is 6.10. The van der Waals surface area contributed by atoms with E-state index in [9.17, 15) is 0 Å². The highest BCUT2D eigenvalue weighted by Crippen LogP contribution is 2.28. The molecule has 1 aromatic carbocycles. The molecule has 0 bridgehead atoms. The lowest BCUT2D eigenvalue weighted by atomic mass is 10.0. The van der Waals surface area contributed by atoms with Crippen molar-refractivity contribution in [1.82, 2.24) is 0 Å². The molecule has 94 valence electrons. The van der Waals surface area contributed by atoms with Crippen LogP contribution < -0.4 is 11.1 Å². The Kier molecular flexibility index (Phi) is 4.32. The highest BCUT2D eigenvalue weighted by molar-refractivity contribution is 9.10. The largest absolute Gasteiger partial charge is 0.397 e. The van der Waals surface area contributed by atoms with Crippen LogP contribution in [0.15, 0.2) is 22.7 Å². The summed E-state index contributed by atoms with van der Waals surface area (Å²) in [6.07, 6.45) is 6.54. The van der Waals surface area contributed by atoms with E-state index in [2.05, 4.69) is 34.2 Å². The van der Waals surface area contributed by atoms with Gasteiger partial charge in [-0.15, -0.1) is 0 Å². The van der Waals surface area contributed by atoms with Gasteiger partial charge < -0.3 is 11.1 Å². The predicted molar refractivity (Wildman–Crippen MR) is 78.2 cm³/mol. The SMILES string of the molecule is CC1CCCC(Nc2cc(Br)ccc2N)CC1. The van der Waals surface area contributed by atoms with Gasteiger partial charge in [-0.3, -0.25) is 0 Å². The van der Waals surface area contributed by atoms with E-state index in [4.69, 9.17) is 5.73 Å². The van der Waals surface area contributed by atoms with Crippen LogP contribution in [-0.4, -0.2) is 6.04 Å². The van der Waals surface area contributed by atoms with Crippen molar-refractivity contribution in [3.63, 3.8) is 0 Å². The third-order valence-electron chi connectivity index (χ3n) is 3.63. The second-order valence-electron chi connectivity index (χ2n) is 5.19. The average Bonchev–Trinajstić information content (AvgIpc) is 2.49. The number of anilines is 2. The van der Waals surface area contributed by atoms with E-state index in [-0.39, 0.29) is 0 Å². The van der Waals surface area contributed by atoms with Crippen molar-refractivity contribution in [2.45, 2.75) is 45.1 Å². The third-order valence-corrected chi connectivity index (χ3v) is 4.13. The zero-order valence-corrected chi connectivity index (χ0v) is 12.0. The first kappa shape index (κ1) is 12.7. The van der Waals surface area contributed by atoms with Crippen molar-refractivity contribution in [3.05, 3.63) is 22.7 Å². The van der Waals surface area contributed by atoms with E-state index in [1.165, 1.54) is 32.1 Å². The summed E-state index contributed by atoms with van der Waals surface area (Å²) in [7, 11) is 0. The average molecular weight is 297 g/mol. The fraction of sp³-hybridized carbons (Fsp3) is 0.571. The Bertz CT molecular complexity index is 378. The molecule has 0 heterocycles. The van der Waals surface area contributed by atoms with Gasteiger partial charge in [0.15, 0.2) is 0 Å². The molecule has 1 saturated carbocycles. The topological polar surface area (TPSA) is 38.0 Å². The summed E-state index contributed by atoms with van der Waals surface area (Å²) in [5.41, 5.74) is 7.90. The molecule has 2 nitrogen and oxygen atoms in total. The highest BCUT2D eigenvalue weighted by atomic mass is 79.9. The molecule has 0 aliphatic heterocycles. The van der Waals surface area contributed by atoms with Crippen molar-refractivity contribution >= 4 is 27.3 Å². The van der Waals surface area contributed by atoms with Crippen molar-refractivity contribution in [1.29, 1.82) is 0 Å². The van der Waals surface area contributed by atoms with Crippen molar-refractivity contribution in [2.75, 3.05) is 11.1 Å². The Morgan fingerprint density at radius 1 is 1.24 bits per heavy atom. The Morgan fingerprint density at radius 3 is 2.88 bits per heavy atom. The number of halogens is 1. The molecule has 1 aliphatic rings. The summed E-state index contributed by atoms with van der Waals surface area (Å²) in [6, 6.07) is 6.59. The highest BCUT2D eigenvalue weighted by Gasteiger charge is 2.16. The quantitative estimate of drug-likeness (QED) is 0.626. The number of nitrogen functional groups attached to an aromatic ring is 1. The lowest BCUT2D eigenvalue weighted by Gasteiger charge is -2.19. The first-order valence-corrected chi connectivity index (χ1v) is 7.26. The molecule has 2 unspecified atom stereocenters. The van der Waals surface area contributed by atoms with Crippen LogP contribution in [0.25, 0.3) is 0 Å². The first-order chi connectivity index (χ1) is 8.15. The van der Waals surface area contributed by atoms with E-state index < -0.39 is 0 Å². The summed E-state index contributed by atoms with van der Waals surface area (Å²) in [5, 5.41) is 3.60. The molecule has 0 spiro atoms. The van der Waals surface area contributed by atoms with E-state index in [1.54, 1.807) is 0 Å². The minimum absolute atomic E-state index is 0.580. The Labute approximate surface area is 112 Å². The molecule has 2 atom stereocenters. The van der Waals surface area contributed by atoms with Crippen LogP contribution >= 0.6 is 15.9 Å². The van der Waals surface area contributed by atoms with Gasteiger partial charge in [0.25, 0.3) is 0 Å². The minimum Gasteiger partial charge on any atom is -0.397 e. The summed E-state index contributed by atoms with van der Waals surface area (Å²) in [4.78, 5) is 0. The second kappa shape index (κ2) is 5.76. The third kappa shape index (κ3) is 3.63. The lowest BCUT2D eigenvalue weighted by molar-refractivity contribution is 0.502. The van der Waals surface area contributed by atoms with Gasteiger partial charge in [0, 0.05) is 10.5 Å². The number of hydrogen-bond acceptors (Lipinski definition) is 2. The Balaban J connectivity index is 2.02. The molecule has 1 fully saturated rings. The Hall–Kier alpha value is -0.700. The summed E-state index contributed by atoms with van der Waals surface area (Å²) in [5.74, 6) is 0.877. The molecule has 0 radical (unpaired) electrons. The van der Waals surface area contributed by atoms with E-state index in [0.717, 1.165) is 21.8 Å². The van der Waals surface area contributed by atoms with Gasteiger partial charge in [0.2, 0.25) is 0 Å². The van der Waals surface area contributed by atoms with Gasteiger partial charge in [-0.2, -0.15) is 0 Å². The molecule has 2 rings (SSSR count). The van der Waals surface area contributed by atoms with Crippen LogP contribution in [0.4, 0.5) is 11.4 Å². The van der Waals surface area contributed by atoms with Crippen LogP contribution in [0.2, 0.25) is 0 Å². The van der Waals surface area contributed by atoms with E-state index in [1.807, 2.05) is 12.1 Å². The van der Waals surface area contributed by atoms with Gasteiger partial charge in [0.1, 0.15) is 0 Å². The molecule has 0 saturated heterocycles. The molecule has 1 aromatic rings. The number of rotatable bonds is 2. The maximum atomic E-state index is 5.99. The minimum atomic E-state index is 0.580. The monoisotopic (exact) mass is 296 g/mol. The zero-order chi connectivity index (χ0) is 12.3. The van der Waals surface area contributed by atoms with Crippen LogP contribution in [0.1, 0.15) is 39.0 Å². The molecule has 1 aliphatic carbocycles. The maximum Gasteiger partial charge on any atom is 0.0587 e. The van der Waals surface area contributed by atoms with Crippen molar-refractivity contribution in [3.8, 4) is 0 Å². The van der Waals surface area contributed by atoms with Gasteiger partial charge in [-0.25, -0.2) is 0 Å². The Morgan fingerprint density at radius 2 is 2.06 bits per heavy atom. The van der Waals surface area contributed by atoms with Crippen LogP contribution in [-0.2, 0) is 0 Å². The van der Waals surface area contributed by atoms with Crippen molar-refractivity contribution < 1.29 is 0 Å². The smallest absolute Gasteiger partial charge is 0.0587 e. The molecule has 17 heavy (non-hydrogen) atoms. The fourth-order valence-electron chi connectivity index (χ4n) is 2.50. The molecule has 3 heteroatoms. The first-order valence-electron chi connectivity index (χ1n) is 6.46. The number of hydrogen-bond donors (Lipinski definition) is 2. The van der Waals surface area contributed by atoms with Gasteiger partial charge >= 0.3 is 0 Å². The molecule has 0 amide bonds. The molecular formula is C14H21BrN2. The zero-order valence-electron chi connectivity index (χ0n) is 10.4. The predicted octanol–water partition coefficient (Wildman–Crippen LogP) is 4.41. The molecule has 3 N–H and O–H groups in total. The fourth-order valence-corrected chi connectivity index (χ4v) is 2.87. The van der Waals surface area contributed by atoms with E-state index in [0.29, 0.717) is 6.04 Å². The van der Waals surface area contributed by atoms with Crippen molar-refractivity contribution in [2.24, 2.45) is 5.92 Å². The number of benzene rings is 1. The molecular weight excluding hydrogens is 276 g/mol. The summed E-state index contributed by atoms with van der Waals surface area (Å²) in [6.45, 7) is 2.36. The normalized spacial score (nSPS) is 25.3. The van der Waals surface area contributed by atoms with Gasteiger partial charge in [-0.1, -0.05) is 35.7 Å². The number of nitrogens with two attached hydrogens (primary N) is 1. The lowest BCUT2D eigenvalue weighted by Crippen LogP contribution is -2.19. The van der Waals surface area contributed by atoms with Gasteiger partial charge in [-0.05, 0) is 43.4 Å². The van der Waals surface area contributed by atoms with Crippen LogP contribution in [0.5, 0.6) is 0 Å².